The predicted molar refractivity (Wildman–Crippen MR) is 50.4 cm³/mol. The largest absolute Gasteiger partial charge is 0.384 e. The third kappa shape index (κ3) is 26.4. The van der Waals surface area contributed by atoms with E-state index in [9.17, 15) is 0 Å². The molecule has 0 heterocycles. The van der Waals surface area contributed by atoms with Gasteiger partial charge >= 0.3 is 0 Å². The first-order valence-corrected chi connectivity index (χ1v) is 4.39. The summed E-state index contributed by atoms with van der Waals surface area (Å²) in [6.45, 7) is 6.36. The molecule has 0 saturated carbocycles. The topological polar surface area (TPSA) is 20.2 Å². The lowest BCUT2D eigenvalue weighted by Gasteiger charge is -1.79. The number of aliphatic hydroxyl groups excluding tert-OH is 1. The summed E-state index contributed by atoms with van der Waals surface area (Å²) >= 11 is 0. The number of aliphatic hydroxyl groups is 1. The molecule has 0 rings (SSSR count). The molecule has 11 heavy (non-hydrogen) atoms. The van der Waals surface area contributed by atoms with Gasteiger partial charge in [-0.25, -0.2) is 0 Å². The van der Waals surface area contributed by atoms with Crippen molar-refractivity contribution in [3.63, 3.8) is 0 Å². The fraction of sp³-hybridized carbons (Fsp3) is 0.800. The Hall–Kier alpha value is -0.480. The van der Waals surface area contributed by atoms with Gasteiger partial charge in [-0.05, 0) is 0 Å². The van der Waals surface area contributed by atoms with E-state index in [0.717, 1.165) is 6.42 Å². The fourth-order valence-corrected chi connectivity index (χ4v) is 0.534. The molecule has 0 aromatic carbocycles. The molecular formula is C10H20O. The third-order valence-electron chi connectivity index (χ3n) is 1.09. The molecule has 0 aliphatic heterocycles. The normalized spacial score (nSPS) is 7.27. The van der Waals surface area contributed by atoms with Crippen LogP contribution in [0, 0.1) is 11.8 Å². The summed E-state index contributed by atoms with van der Waals surface area (Å²) in [5.41, 5.74) is 0. The lowest BCUT2D eigenvalue weighted by molar-refractivity contribution is 0.350. The molecule has 1 heteroatoms. The summed E-state index contributed by atoms with van der Waals surface area (Å²) < 4.78 is 0. The summed E-state index contributed by atoms with van der Waals surface area (Å²) in [6, 6.07) is 0. The second-order valence-electron chi connectivity index (χ2n) is 2.22. The average molecular weight is 156 g/mol. The molecule has 0 spiro atoms. The predicted octanol–water partition coefficient (Wildman–Crippen LogP) is 2.59. The zero-order chi connectivity index (χ0) is 8.95. The van der Waals surface area contributed by atoms with Gasteiger partial charge in [0, 0.05) is 6.42 Å². The van der Waals surface area contributed by atoms with E-state index in [1.54, 1.807) is 0 Å². The molecule has 0 fully saturated rings. The summed E-state index contributed by atoms with van der Waals surface area (Å²) in [7, 11) is 0. The molecule has 0 unspecified atom stereocenters. The summed E-state index contributed by atoms with van der Waals surface area (Å²) in [4.78, 5) is 0. The number of unbranched alkanes of at least 4 members (excludes halogenated alkanes) is 2. The number of hydrogen-bond acceptors (Lipinski definition) is 1. The summed E-state index contributed by atoms with van der Waals surface area (Å²) in [5.74, 6) is 5.20. The Bertz CT molecular complexity index is 87.2. The molecule has 0 amide bonds. The molecule has 0 radical (unpaired) electrons. The Balaban J connectivity index is 0. The van der Waals surface area contributed by atoms with Crippen molar-refractivity contribution in [2.75, 3.05) is 6.61 Å². The average Bonchev–Trinajstić information content (AvgIpc) is 2.04. The molecule has 1 nitrogen and oxygen atoms in total. The van der Waals surface area contributed by atoms with Gasteiger partial charge in [0.1, 0.15) is 6.61 Å². The lowest BCUT2D eigenvalue weighted by atomic mass is 10.3. The van der Waals surface area contributed by atoms with E-state index in [1.807, 2.05) is 6.92 Å². The second-order valence-corrected chi connectivity index (χ2v) is 2.22. The molecule has 0 aliphatic rings. The van der Waals surface area contributed by atoms with Gasteiger partial charge in [-0.3, -0.25) is 0 Å². The van der Waals surface area contributed by atoms with Gasteiger partial charge in [-0.15, -0.1) is 5.92 Å². The van der Waals surface area contributed by atoms with Crippen LogP contribution in [0.2, 0.25) is 0 Å². The first-order chi connectivity index (χ1) is 5.33. The highest BCUT2D eigenvalue weighted by atomic mass is 16.2. The van der Waals surface area contributed by atoms with Crippen molar-refractivity contribution in [1.82, 2.24) is 0 Å². The van der Waals surface area contributed by atoms with Crippen molar-refractivity contribution in [3.8, 4) is 11.8 Å². The van der Waals surface area contributed by atoms with Crippen LogP contribution in [0.25, 0.3) is 0 Å². The lowest BCUT2D eigenvalue weighted by Crippen LogP contribution is -1.68. The minimum Gasteiger partial charge on any atom is -0.384 e. The zero-order valence-electron chi connectivity index (χ0n) is 7.98. The Kier molecular flexibility index (Phi) is 19.4. The first kappa shape index (κ1) is 13.1. The van der Waals surface area contributed by atoms with Crippen molar-refractivity contribution < 1.29 is 5.11 Å². The fourth-order valence-electron chi connectivity index (χ4n) is 0.534. The SMILES string of the molecule is CCC#CCO.CCCCC. The molecule has 0 aromatic heterocycles. The van der Waals surface area contributed by atoms with Crippen LogP contribution >= 0.6 is 0 Å². The minimum atomic E-state index is -0.00611. The first-order valence-electron chi connectivity index (χ1n) is 4.39. The number of hydrogen-bond donors (Lipinski definition) is 1. The van der Waals surface area contributed by atoms with Gasteiger partial charge in [-0.1, -0.05) is 46.0 Å². The highest BCUT2D eigenvalue weighted by molar-refractivity contribution is 4.96. The molecule has 0 aromatic rings. The van der Waals surface area contributed by atoms with Gasteiger partial charge in [-0.2, -0.15) is 0 Å². The van der Waals surface area contributed by atoms with E-state index in [-0.39, 0.29) is 6.61 Å². The van der Waals surface area contributed by atoms with E-state index in [2.05, 4.69) is 25.7 Å². The molecule has 66 valence electrons. The maximum atomic E-state index is 8.02. The van der Waals surface area contributed by atoms with Crippen molar-refractivity contribution in [2.24, 2.45) is 0 Å². The minimum absolute atomic E-state index is 0.00611. The highest BCUT2D eigenvalue weighted by Crippen LogP contribution is 1.88. The van der Waals surface area contributed by atoms with E-state index in [0.29, 0.717) is 0 Å². The maximum absolute atomic E-state index is 8.02. The number of rotatable bonds is 2. The van der Waals surface area contributed by atoms with Crippen LogP contribution in [-0.4, -0.2) is 11.7 Å². The monoisotopic (exact) mass is 156 g/mol. The third-order valence-corrected chi connectivity index (χ3v) is 1.09. The molecular weight excluding hydrogens is 136 g/mol. The standard InChI is InChI=1S/C5H8O.C5H12/c1-2-3-4-5-6;1-3-5-4-2/h6H,2,5H2,1H3;3-5H2,1-2H3. The smallest absolute Gasteiger partial charge is 0.104 e. The summed E-state index contributed by atoms with van der Waals surface area (Å²) in [5, 5.41) is 8.02. The van der Waals surface area contributed by atoms with E-state index in [1.165, 1.54) is 19.3 Å². The van der Waals surface area contributed by atoms with Crippen LogP contribution in [0.3, 0.4) is 0 Å². The Morgan fingerprint density at radius 3 is 1.64 bits per heavy atom. The van der Waals surface area contributed by atoms with Gasteiger partial charge in [0.15, 0.2) is 0 Å². The van der Waals surface area contributed by atoms with Crippen molar-refractivity contribution in [1.29, 1.82) is 0 Å². The van der Waals surface area contributed by atoms with Gasteiger partial charge in [0.25, 0.3) is 0 Å². The van der Waals surface area contributed by atoms with E-state index < -0.39 is 0 Å². The van der Waals surface area contributed by atoms with E-state index in [4.69, 9.17) is 5.11 Å². The van der Waals surface area contributed by atoms with Crippen LogP contribution in [-0.2, 0) is 0 Å². The van der Waals surface area contributed by atoms with E-state index >= 15 is 0 Å². The quantitative estimate of drug-likeness (QED) is 0.609. The van der Waals surface area contributed by atoms with Crippen molar-refractivity contribution >= 4 is 0 Å². The Morgan fingerprint density at radius 2 is 1.55 bits per heavy atom. The van der Waals surface area contributed by atoms with Gasteiger partial charge in [0.05, 0.1) is 0 Å². The molecule has 1 N–H and O–H groups in total. The Labute approximate surface area is 70.8 Å². The Morgan fingerprint density at radius 1 is 1.00 bits per heavy atom. The highest BCUT2D eigenvalue weighted by Gasteiger charge is 1.68. The maximum Gasteiger partial charge on any atom is 0.104 e. The van der Waals surface area contributed by atoms with Gasteiger partial charge < -0.3 is 5.11 Å². The molecule has 0 atom stereocenters. The van der Waals surface area contributed by atoms with Crippen molar-refractivity contribution in [2.45, 2.75) is 46.5 Å². The molecule has 0 bridgehead atoms. The van der Waals surface area contributed by atoms with Crippen LogP contribution in [0.1, 0.15) is 46.5 Å². The van der Waals surface area contributed by atoms with Gasteiger partial charge in [0.2, 0.25) is 0 Å². The van der Waals surface area contributed by atoms with Crippen LogP contribution in [0.4, 0.5) is 0 Å². The molecule has 0 saturated heterocycles. The van der Waals surface area contributed by atoms with Crippen molar-refractivity contribution in [3.05, 3.63) is 0 Å². The van der Waals surface area contributed by atoms with Crippen LogP contribution < -0.4 is 0 Å². The summed E-state index contributed by atoms with van der Waals surface area (Å²) in [6.07, 6.45) is 4.91. The van der Waals surface area contributed by atoms with Crippen LogP contribution in [0.5, 0.6) is 0 Å². The zero-order valence-corrected chi connectivity index (χ0v) is 7.98. The van der Waals surface area contributed by atoms with Crippen LogP contribution in [0.15, 0.2) is 0 Å². The molecule has 0 aliphatic carbocycles. The second kappa shape index (κ2) is 16.3.